The number of esters is 3. The number of hydrogen-bond acceptors (Lipinski definition) is 8. The van der Waals surface area contributed by atoms with Crippen LogP contribution in [0.15, 0.2) is 0 Å². The maximum Gasteiger partial charge on any atom is 0.303 e. The molecule has 2 aliphatic heterocycles. The summed E-state index contributed by atoms with van der Waals surface area (Å²) in [4.78, 5) is 33.4. The smallest absolute Gasteiger partial charge is 0.303 e. The molecule has 0 aromatic rings. The summed E-state index contributed by atoms with van der Waals surface area (Å²) in [7, 11) is 0. The van der Waals surface area contributed by atoms with E-state index < -0.39 is 48.6 Å². The molecule has 0 aromatic heterocycles. The highest BCUT2D eigenvalue weighted by Gasteiger charge is 2.56. The van der Waals surface area contributed by atoms with E-state index in [0.29, 0.717) is 0 Å². The first-order valence-corrected chi connectivity index (χ1v) is 6.17. The minimum Gasteiger partial charge on any atom is -0.457 e. The van der Waals surface area contributed by atoms with E-state index in [2.05, 4.69) is 0 Å². The second kappa shape index (κ2) is 5.76. The van der Waals surface area contributed by atoms with Gasteiger partial charge < -0.3 is 23.7 Å². The molecule has 2 rings (SSSR count). The summed E-state index contributed by atoms with van der Waals surface area (Å²) in [6.45, 7) is 3.81. The van der Waals surface area contributed by atoms with Crippen molar-refractivity contribution in [1.29, 1.82) is 0 Å². The number of carbonyl (C=O) groups is 3. The third kappa shape index (κ3) is 3.07. The van der Waals surface area contributed by atoms with Gasteiger partial charge in [0.05, 0.1) is 6.61 Å². The van der Waals surface area contributed by atoms with Crippen LogP contribution < -0.4 is 0 Å². The van der Waals surface area contributed by atoms with Gasteiger partial charge in [-0.3, -0.25) is 14.4 Å². The van der Waals surface area contributed by atoms with E-state index in [0.717, 1.165) is 0 Å². The van der Waals surface area contributed by atoms with Crippen LogP contribution in [0.1, 0.15) is 20.8 Å². The Hall–Kier alpha value is -1.67. The molecule has 0 aliphatic carbocycles. The van der Waals surface area contributed by atoms with E-state index in [1.54, 1.807) is 0 Å². The van der Waals surface area contributed by atoms with Gasteiger partial charge in [-0.05, 0) is 0 Å². The Kier molecular flexibility index (Phi) is 4.24. The average Bonchev–Trinajstić information content (AvgIpc) is 2.57. The van der Waals surface area contributed by atoms with Crippen LogP contribution in [0, 0.1) is 0 Å². The maximum absolute atomic E-state index is 11.2. The Bertz CT molecular complexity index is 420. The lowest BCUT2D eigenvalue weighted by molar-refractivity contribution is -0.242. The molecule has 0 spiro atoms. The van der Waals surface area contributed by atoms with Gasteiger partial charge >= 0.3 is 17.9 Å². The van der Waals surface area contributed by atoms with Crippen LogP contribution in [0.5, 0.6) is 0 Å². The van der Waals surface area contributed by atoms with Crippen LogP contribution >= 0.6 is 0 Å². The summed E-state index contributed by atoms with van der Waals surface area (Å²) >= 11 is 0. The van der Waals surface area contributed by atoms with E-state index in [1.807, 2.05) is 0 Å². The van der Waals surface area contributed by atoms with E-state index in [4.69, 9.17) is 23.7 Å². The summed E-state index contributed by atoms with van der Waals surface area (Å²) in [6, 6.07) is 0. The van der Waals surface area contributed by atoms with E-state index in [1.165, 1.54) is 20.8 Å². The Labute approximate surface area is 115 Å². The average molecular weight is 288 g/mol. The van der Waals surface area contributed by atoms with Gasteiger partial charge in [-0.1, -0.05) is 0 Å². The first-order chi connectivity index (χ1) is 9.38. The van der Waals surface area contributed by atoms with Crippen LogP contribution in [0.4, 0.5) is 0 Å². The fraction of sp³-hybridized carbons (Fsp3) is 0.750. The second-order valence-electron chi connectivity index (χ2n) is 4.60. The van der Waals surface area contributed by atoms with Crippen molar-refractivity contribution in [2.24, 2.45) is 0 Å². The normalized spacial score (nSPS) is 35.2. The van der Waals surface area contributed by atoms with E-state index >= 15 is 0 Å². The molecule has 20 heavy (non-hydrogen) atoms. The standard InChI is InChI=1S/C12H16O8/c1-5(13)17-8-4-16-12-11(19-7(3)15)10(9(8)20-12)18-6(2)14/h8-12H,4H2,1-3H3/t8-,9+,10-,11+,12+/m1/s1. The molecule has 0 unspecified atom stereocenters. The Morgan fingerprint density at radius 1 is 0.900 bits per heavy atom. The van der Waals surface area contributed by atoms with Crippen LogP contribution in [0.2, 0.25) is 0 Å². The molecule has 0 radical (unpaired) electrons. The predicted octanol–water partition coefficient (Wildman–Crippen LogP) is -0.463. The van der Waals surface area contributed by atoms with Crippen LogP contribution in [-0.4, -0.2) is 55.2 Å². The van der Waals surface area contributed by atoms with Gasteiger partial charge in [0, 0.05) is 20.8 Å². The lowest BCUT2D eigenvalue weighted by Gasteiger charge is -2.29. The number of hydrogen-bond donors (Lipinski definition) is 0. The van der Waals surface area contributed by atoms with Gasteiger partial charge in [0.15, 0.2) is 24.6 Å². The Morgan fingerprint density at radius 2 is 1.45 bits per heavy atom. The van der Waals surface area contributed by atoms with Crippen molar-refractivity contribution in [2.45, 2.75) is 51.5 Å². The summed E-state index contributed by atoms with van der Waals surface area (Å²) in [5, 5.41) is 0. The van der Waals surface area contributed by atoms with E-state index in [-0.39, 0.29) is 6.61 Å². The number of carbonyl (C=O) groups excluding carboxylic acids is 3. The first kappa shape index (κ1) is 14.7. The molecule has 2 fully saturated rings. The minimum atomic E-state index is -0.873. The first-order valence-electron chi connectivity index (χ1n) is 6.17. The zero-order chi connectivity index (χ0) is 14.9. The molecule has 0 aromatic carbocycles. The van der Waals surface area contributed by atoms with Crippen LogP contribution in [-0.2, 0) is 38.1 Å². The second-order valence-corrected chi connectivity index (χ2v) is 4.60. The van der Waals surface area contributed by atoms with Crippen molar-refractivity contribution < 1.29 is 38.1 Å². The number of fused-ring (bicyclic) bond motifs is 2. The van der Waals surface area contributed by atoms with Crippen LogP contribution in [0.25, 0.3) is 0 Å². The summed E-state index contributed by atoms with van der Waals surface area (Å²) in [5.41, 5.74) is 0. The number of ether oxygens (including phenoxy) is 5. The summed E-state index contributed by atoms with van der Waals surface area (Å²) in [5.74, 6) is -1.60. The third-order valence-corrected chi connectivity index (χ3v) is 2.92. The molecule has 8 nitrogen and oxygen atoms in total. The molecule has 5 atom stereocenters. The van der Waals surface area contributed by atoms with Crippen molar-refractivity contribution in [3.63, 3.8) is 0 Å². The highest BCUT2D eigenvalue weighted by atomic mass is 16.8. The summed E-state index contributed by atoms with van der Waals surface area (Å²) in [6.07, 6.45) is -4.00. The topological polar surface area (TPSA) is 97.4 Å². The highest BCUT2D eigenvalue weighted by molar-refractivity contribution is 5.68. The molecule has 0 amide bonds. The molecule has 2 heterocycles. The molecular formula is C12H16O8. The van der Waals surface area contributed by atoms with Gasteiger partial charge in [-0.25, -0.2) is 0 Å². The van der Waals surface area contributed by atoms with Gasteiger partial charge in [-0.15, -0.1) is 0 Å². The van der Waals surface area contributed by atoms with Crippen molar-refractivity contribution >= 4 is 17.9 Å². The summed E-state index contributed by atoms with van der Waals surface area (Å²) < 4.78 is 26.1. The lowest BCUT2D eigenvalue weighted by Crippen LogP contribution is -2.45. The quantitative estimate of drug-likeness (QED) is 0.508. The molecule has 0 N–H and O–H groups in total. The predicted molar refractivity (Wildman–Crippen MR) is 61.3 cm³/mol. The fourth-order valence-electron chi connectivity index (χ4n) is 2.32. The molecule has 2 aliphatic rings. The molecule has 2 saturated heterocycles. The Balaban J connectivity index is 2.17. The lowest BCUT2D eigenvalue weighted by atomic mass is 10.1. The SMILES string of the molecule is CC(=O)O[C@H]1[C@H](OC(C)=O)[C@H]2OC[C@@H](OC(C)=O)[C@@H]1O2. The van der Waals surface area contributed by atoms with Gasteiger partial charge in [0.25, 0.3) is 0 Å². The van der Waals surface area contributed by atoms with Gasteiger partial charge in [0.2, 0.25) is 0 Å². The van der Waals surface area contributed by atoms with Gasteiger partial charge in [-0.2, -0.15) is 0 Å². The third-order valence-electron chi connectivity index (χ3n) is 2.92. The molecule has 8 heteroatoms. The molecule has 112 valence electrons. The van der Waals surface area contributed by atoms with Gasteiger partial charge in [0.1, 0.15) is 6.10 Å². The van der Waals surface area contributed by atoms with Crippen molar-refractivity contribution in [3.05, 3.63) is 0 Å². The Morgan fingerprint density at radius 3 is 2.00 bits per heavy atom. The molecule has 0 saturated carbocycles. The fourth-order valence-corrected chi connectivity index (χ4v) is 2.32. The largest absolute Gasteiger partial charge is 0.457 e. The highest BCUT2D eigenvalue weighted by Crippen LogP contribution is 2.34. The van der Waals surface area contributed by atoms with Crippen molar-refractivity contribution in [1.82, 2.24) is 0 Å². The number of rotatable bonds is 3. The molecule has 2 bridgehead atoms. The monoisotopic (exact) mass is 288 g/mol. The minimum absolute atomic E-state index is 0.0877. The van der Waals surface area contributed by atoms with Crippen molar-refractivity contribution in [3.8, 4) is 0 Å². The maximum atomic E-state index is 11.2. The zero-order valence-electron chi connectivity index (χ0n) is 11.4. The zero-order valence-corrected chi connectivity index (χ0v) is 11.4. The molecular weight excluding hydrogens is 272 g/mol. The van der Waals surface area contributed by atoms with E-state index in [9.17, 15) is 14.4 Å². The van der Waals surface area contributed by atoms with Crippen molar-refractivity contribution in [2.75, 3.05) is 6.61 Å². The van der Waals surface area contributed by atoms with Crippen LogP contribution in [0.3, 0.4) is 0 Å².